The number of thioether (sulfide) groups is 1. The standard InChI is InChI=1S/C33H25N3O6S/c1-20-16-17-24(36(41)42)19-28(20)35-32(38)30(22-8-3-2-4-9-22)43-25-13-7-12-23(18-25)34-31(37)26-14-5-10-21-11-6-15-27(29(21)26)33(39)40/h2-19,30H,1H3,(H,34,37)(H,35,38)(H,39,40). The molecule has 2 amide bonds. The van der Waals surface area contributed by atoms with Gasteiger partial charge in [0.15, 0.2) is 0 Å². The van der Waals surface area contributed by atoms with Gasteiger partial charge < -0.3 is 15.7 Å². The summed E-state index contributed by atoms with van der Waals surface area (Å²) < 4.78 is 0. The van der Waals surface area contributed by atoms with E-state index in [2.05, 4.69) is 10.6 Å². The summed E-state index contributed by atoms with van der Waals surface area (Å²) in [6, 6.07) is 30.3. The number of rotatable bonds is 9. The highest BCUT2D eigenvalue weighted by atomic mass is 32.2. The van der Waals surface area contributed by atoms with Gasteiger partial charge in [0.2, 0.25) is 5.91 Å². The molecule has 0 bridgehead atoms. The van der Waals surface area contributed by atoms with Gasteiger partial charge in [0, 0.05) is 33.7 Å². The molecule has 3 N–H and O–H groups in total. The van der Waals surface area contributed by atoms with E-state index in [1.54, 1.807) is 61.5 Å². The Bertz CT molecular complexity index is 1870. The zero-order valence-electron chi connectivity index (χ0n) is 22.8. The molecule has 1 atom stereocenters. The second kappa shape index (κ2) is 12.6. The first-order valence-electron chi connectivity index (χ1n) is 13.2. The number of nitrogens with one attached hydrogen (secondary N) is 2. The lowest BCUT2D eigenvalue weighted by Gasteiger charge is -2.18. The van der Waals surface area contributed by atoms with Gasteiger partial charge in [0.25, 0.3) is 11.6 Å². The number of aromatic carboxylic acids is 1. The van der Waals surface area contributed by atoms with Crippen LogP contribution in [0.1, 0.15) is 37.1 Å². The molecule has 0 aliphatic carbocycles. The van der Waals surface area contributed by atoms with Crippen LogP contribution in [0, 0.1) is 17.0 Å². The molecule has 5 aromatic carbocycles. The average molecular weight is 592 g/mol. The highest BCUT2D eigenvalue weighted by Crippen LogP contribution is 2.38. The number of carboxylic acid groups (broad SMARTS) is 1. The molecular weight excluding hydrogens is 566 g/mol. The van der Waals surface area contributed by atoms with Crippen LogP contribution in [-0.2, 0) is 4.79 Å². The first kappa shape index (κ1) is 29.0. The smallest absolute Gasteiger partial charge is 0.336 e. The summed E-state index contributed by atoms with van der Waals surface area (Å²) in [5, 5.41) is 26.9. The molecule has 0 saturated carbocycles. The zero-order chi connectivity index (χ0) is 30.5. The van der Waals surface area contributed by atoms with Crippen molar-refractivity contribution in [1.29, 1.82) is 0 Å². The van der Waals surface area contributed by atoms with E-state index in [1.807, 2.05) is 36.4 Å². The summed E-state index contributed by atoms with van der Waals surface area (Å²) >= 11 is 1.26. The van der Waals surface area contributed by atoms with Crippen LogP contribution in [0.3, 0.4) is 0 Å². The second-order valence-corrected chi connectivity index (χ2v) is 10.8. The van der Waals surface area contributed by atoms with Crippen molar-refractivity contribution in [2.75, 3.05) is 10.6 Å². The maximum absolute atomic E-state index is 13.6. The fourth-order valence-corrected chi connectivity index (χ4v) is 5.73. The molecule has 0 aromatic heterocycles. The van der Waals surface area contributed by atoms with Gasteiger partial charge in [-0.15, -0.1) is 11.8 Å². The topological polar surface area (TPSA) is 139 Å². The normalized spacial score (nSPS) is 11.5. The molecule has 1 unspecified atom stereocenters. The third kappa shape index (κ3) is 6.55. The van der Waals surface area contributed by atoms with E-state index in [4.69, 9.17) is 0 Å². The lowest BCUT2D eigenvalue weighted by atomic mass is 9.98. The van der Waals surface area contributed by atoms with Gasteiger partial charge in [-0.1, -0.05) is 66.7 Å². The number of nitrogens with zero attached hydrogens (tertiary/aromatic N) is 1. The highest BCUT2D eigenvalue weighted by Gasteiger charge is 2.24. The largest absolute Gasteiger partial charge is 0.478 e. The SMILES string of the molecule is Cc1ccc([N+](=O)[O-])cc1NC(=O)C(Sc1cccc(NC(=O)c2cccc3cccc(C(=O)O)c23)c1)c1ccccc1. The summed E-state index contributed by atoms with van der Waals surface area (Å²) in [6.45, 7) is 1.76. The molecule has 5 aromatic rings. The lowest BCUT2D eigenvalue weighted by molar-refractivity contribution is -0.384. The van der Waals surface area contributed by atoms with Crippen LogP contribution in [0.25, 0.3) is 10.8 Å². The predicted molar refractivity (Wildman–Crippen MR) is 167 cm³/mol. The Kier molecular flexibility index (Phi) is 8.49. The molecule has 9 nitrogen and oxygen atoms in total. The number of anilines is 2. The Morgan fingerprint density at radius 1 is 0.814 bits per heavy atom. The van der Waals surface area contributed by atoms with Gasteiger partial charge in [-0.05, 0) is 53.8 Å². The minimum Gasteiger partial charge on any atom is -0.478 e. The van der Waals surface area contributed by atoms with Crippen LogP contribution in [0.15, 0.2) is 114 Å². The molecule has 43 heavy (non-hydrogen) atoms. The third-order valence-electron chi connectivity index (χ3n) is 6.76. The van der Waals surface area contributed by atoms with Crippen LogP contribution in [0.4, 0.5) is 17.1 Å². The number of fused-ring (bicyclic) bond motifs is 1. The maximum atomic E-state index is 13.6. The van der Waals surface area contributed by atoms with E-state index < -0.39 is 22.0 Å². The van der Waals surface area contributed by atoms with Crippen LogP contribution < -0.4 is 10.6 Å². The Morgan fingerprint density at radius 3 is 2.21 bits per heavy atom. The Morgan fingerprint density at radius 2 is 1.51 bits per heavy atom. The van der Waals surface area contributed by atoms with E-state index in [0.717, 1.165) is 5.56 Å². The van der Waals surface area contributed by atoms with Crippen molar-refractivity contribution in [2.24, 2.45) is 0 Å². The molecule has 0 heterocycles. The van der Waals surface area contributed by atoms with E-state index in [1.165, 1.54) is 30.0 Å². The average Bonchev–Trinajstić information content (AvgIpc) is 3.00. The maximum Gasteiger partial charge on any atom is 0.336 e. The van der Waals surface area contributed by atoms with Crippen LogP contribution >= 0.6 is 11.8 Å². The molecule has 0 spiro atoms. The molecule has 0 aliphatic rings. The van der Waals surface area contributed by atoms with Crippen molar-refractivity contribution in [3.8, 4) is 0 Å². The minimum atomic E-state index is -1.13. The number of benzene rings is 5. The number of carboxylic acids is 1. The first-order valence-corrected chi connectivity index (χ1v) is 14.0. The molecular formula is C33H25N3O6S. The van der Waals surface area contributed by atoms with E-state index >= 15 is 0 Å². The number of nitro groups is 1. The van der Waals surface area contributed by atoms with Gasteiger partial charge in [0.05, 0.1) is 16.2 Å². The predicted octanol–water partition coefficient (Wildman–Crippen LogP) is 7.48. The number of aryl methyl sites for hydroxylation is 1. The van der Waals surface area contributed by atoms with Crippen molar-refractivity contribution < 1.29 is 24.4 Å². The zero-order valence-corrected chi connectivity index (χ0v) is 23.6. The van der Waals surface area contributed by atoms with E-state index in [9.17, 15) is 29.6 Å². The minimum absolute atomic E-state index is 0.0308. The summed E-state index contributed by atoms with van der Waals surface area (Å²) in [6.07, 6.45) is 0. The summed E-state index contributed by atoms with van der Waals surface area (Å²) in [5.74, 6) is -1.97. The second-order valence-electron chi connectivity index (χ2n) is 9.65. The highest BCUT2D eigenvalue weighted by molar-refractivity contribution is 8.00. The van der Waals surface area contributed by atoms with Gasteiger partial charge in [0.1, 0.15) is 5.25 Å². The fourth-order valence-electron chi connectivity index (χ4n) is 4.65. The van der Waals surface area contributed by atoms with Gasteiger partial charge in [-0.25, -0.2) is 4.79 Å². The van der Waals surface area contributed by atoms with Gasteiger partial charge in [-0.3, -0.25) is 19.7 Å². The molecule has 0 fully saturated rings. The van der Waals surface area contributed by atoms with Crippen molar-refractivity contribution in [3.05, 3.63) is 142 Å². The molecule has 10 heteroatoms. The molecule has 0 saturated heterocycles. The summed E-state index contributed by atoms with van der Waals surface area (Å²) in [4.78, 5) is 50.3. The number of carbonyl (C=O) groups excluding carboxylic acids is 2. The Hall–Kier alpha value is -5.48. The quantitative estimate of drug-likeness (QED) is 0.0917. The summed E-state index contributed by atoms with van der Waals surface area (Å²) in [7, 11) is 0. The number of carbonyl (C=O) groups is 3. The fraction of sp³-hybridized carbons (Fsp3) is 0.0606. The monoisotopic (exact) mass is 591 g/mol. The van der Waals surface area contributed by atoms with Crippen LogP contribution in [0.2, 0.25) is 0 Å². The number of hydrogen-bond donors (Lipinski definition) is 3. The number of non-ortho nitro benzene ring substituents is 1. The van der Waals surface area contributed by atoms with Crippen LogP contribution in [0.5, 0.6) is 0 Å². The van der Waals surface area contributed by atoms with Crippen molar-refractivity contribution in [1.82, 2.24) is 0 Å². The van der Waals surface area contributed by atoms with Gasteiger partial charge >= 0.3 is 5.97 Å². The summed E-state index contributed by atoms with van der Waals surface area (Å²) in [5.41, 5.74) is 2.33. The Labute approximate surface area is 250 Å². The van der Waals surface area contributed by atoms with Crippen molar-refractivity contribution in [3.63, 3.8) is 0 Å². The van der Waals surface area contributed by atoms with E-state index in [-0.39, 0.29) is 22.7 Å². The molecule has 214 valence electrons. The van der Waals surface area contributed by atoms with Crippen molar-refractivity contribution >= 4 is 57.4 Å². The van der Waals surface area contributed by atoms with Crippen molar-refractivity contribution in [2.45, 2.75) is 17.1 Å². The lowest BCUT2D eigenvalue weighted by Crippen LogP contribution is -2.19. The van der Waals surface area contributed by atoms with Crippen LogP contribution in [-0.4, -0.2) is 27.8 Å². The number of nitro benzene ring substituents is 1. The van der Waals surface area contributed by atoms with E-state index in [0.29, 0.717) is 32.6 Å². The number of amides is 2. The Balaban J connectivity index is 1.41. The molecule has 0 radical (unpaired) electrons. The van der Waals surface area contributed by atoms with Gasteiger partial charge in [-0.2, -0.15) is 0 Å². The molecule has 5 rings (SSSR count). The third-order valence-corrected chi connectivity index (χ3v) is 8.00. The number of hydrogen-bond acceptors (Lipinski definition) is 6. The molecule has 0 aliphatic heterocycles. The first-order chi connectivity index (χ1) is 20.7.